The van der Waals surface area contributed by atoms with Crippen molar-refractivity contribution in [1.29, 1.82) is 0 Å². The Morgan fingerprint density at radius 1 is 1.12 bits per heavy atom. The van der Waals surface area contributed by atoms with Crippen molar-refractivity contribution in [1.82, 2.24) is 0 Å². The molecule has 1 aromatic heterocycles. The third kappa shape index (κ3) is 3.20. The summed E-state index contributed by atoms with van der Waals surface area (Å²) in [5, 5.41) is 0.713. The third-order valence-electron chi connectivity index (χ3n) is 3.86. The number of fused-ring (bicyclic) bond motifs is 1. The summed E-state index contributed by atoms with van der Waals surface area (Å²) in [7, 11) is 0. The first kappa shape index (κ1) is 15.9. The van der Waals surface area contributed by atoms with Crippen LogP contribution in [0.5, 0.6) is 0 Å². The van der Waals surface area contributed by atoms with Crippen molar-refractivity contribution >= 4 is 16.9 Å². The molecule has 122 valence electrons. The molecule has 1 heterocycles. The van der Waals surface area contributed by atoms with Gasteiger partial charge in [0.2, 0.25) is 0 Å². The van der Waals surface area contributed by atoms with Crippen molar-refractivity contribution in [2.24, 2.45) is 0 Å². The van der Waals surface area contributed by atoms with Gasteiger partial charge in [0.1, 0.15) is 18.0 Å². The summed E-state index contributed by atoms with van der Waals surface area (Å²) in [5.74, 6) is -1.17. The van der Waals surface area contributed by atoms with Gasteiger partial charge in [0.05, 0.1) is 5.56 Å². The monoisotopic (exact) mass is 326 g/mol. The molecule has 24 heavy (non-hydrogen) atoms. The molecule has 3 aromatic rings. The number of carbonyl (C=O) groups is 1. The Morgan fingerprint density at radius 3 is 2.62 bits per heavy atom. The zero-order valence-corrected chi connectivity index (χ0v) is 13.3. The lowest BCUT2D eigenvalue weighted by Gasteiger charge is -2.09. The fourth-order valence-corrected chi connectivity index (χ4v) is 2.44. The molecule has 0 N–H and O–H groups in total. The fourth-order valence-electron chi connectivity index (χ4n) is 2.44. The smallest absolute Gasteiger partial charge is 0.338 e. The first-order valence-electron chi connectivity index (χ1n) is 7.41. The summed E-state index contributed by atoms with van der Waals surface area (Å²) in [4.78, 5) is 23.7. The van der Waals surface area contributed by atoms with Gasteiger partial charge >= 0.3 is 11.6 Å². The predicted octanol–water partition coefficient (Wildman–Crippen LogP) is 3.91. The summed E-state index contributed by atoms with van der Waals surface area (Å²) in [5.41, 5.74) is 2.64. The highest BCUT2D eigenvalue weighted by Gasteiger charge is 2.12. The van der Waals surface area contributed by atoms with Gasteiger partial charge in [-0.3, -0.25) is 0 Å². The molecule has 0 atom stereocenters. The molecule has 0 amide bonds. The van der Waals surface area contributed by atoms with Crippen LogP contribution in [-0.2, 0) is 11.3 Å². The number of hydrogen-bond acceptors (Lipinski definition) is 4. The van der Waals surface area contributed by atoms with E-state index in [0.29, 0.717) is 16.5 Å². The predicted molar refractivity (Wildman–Crippen MR) is 87.5 cm³/mol. The van der Waals surface area contributed by atoms with E-state index in [0.717, 1.165) is 17.2 Å². The second-order valence-electron chi connectivity index (χ2n) is 5.61. The minimum absolute atomic E-state index is 0.0973. The van der Waals surface area contributed by atoms with Crippen molar-refractivity contribution in [3.63, 3.8) is 0 Å². The van der Waals surface area contributed by atoms with Gasteiger partial charge in [0.15, 0.2) is 0 Å². The molecule has 0 fully saturated rings. The zero-order chi connectivity index (χ0) is 17.3. The standard InChI is InChI=1S/C19H15FO4/c1-11-6-16-14(9-18(21)24-17(16)7-12(11)2)10-23-19(22)13-4-3-5-15(20)8-13/h3-9H,10H2,1-2H3. The van der Waals surface area contributed by atoms with Gasteiger partial charge in [0, 0.05) is 17.0 Å². The lowest BCUT2D eigenvalue weighted by atomic mass is 10.0. The average molecular weight is 326 g/mol. The number of rotatable bonds is 3. The maximum Gasteiger partial charge on any atom is 0.338 e. The number of hydrogen-bond donors (Lipinski definition) is 0. The number of halogens is 1. The van der Waals surface area contributed by atoms with Crippen molar-refractivity contribution < 1.29 is 18.3 Å². The summed E-state index contributed by atoms with van der Waals surface area (Å²) >= 11 is 0. The molecule has 2 aromatic carbocycles. The summed E-state index contributed by atoms with van der Waals surface area (Å²) in [6.07, 6.45) is 0. The van der Waals surface area contributed by atoms with Crippen molar-refractivity contribution in [2.75, 3.05) is 0 Å². The zero-order valence-electron chi connectivity index (χ0n) is 13.3. The maximum absolute atomic E-state index is 13.2. The minimum Gasteiger partial charge on any atom is -0.457 e. The van der Waals surface area contributed by atoms with E-state index in [9.17, 15) is 14.0 Å². The normalized spacial score (nSPS) is 10.8. The molecule has 0 aliphatic carbocycles. The molecule has 0 saturated heterocycles. The SMILES string of the molecule is Cc1cc2oc(=O)cc(COC(=O)c3cccc(F)c3)c2cc1C. The highest BCUT2D eigenvalue weighted by atomic mass is 19.1. The molecule has 4 nitrogen and oxygen atoms in total. The molecule has 0 aliphatic rings. The molecule has 0 bridgehead atoms. The second-order valence-corrected chi connectivity index (χ2v) is 5.61. The number of carbonyl (C=O) groups excluding carboxylic acids is 1. The molecular formula is C19H15FO4. The summed E-state index contributed by atoms with van der Waals surface area (Å²) in [6.45, 7) is 3.77. The van der Waals surface area contributed by atoms with E-state index in [1.54, 1.807) is 6.07 Å². The molecule has 0 unspecified atom stereocenters. The highest BCUT2D eigenvalue weighted by molar-refractivity contribution is 5.89. The number of esters is 1. The molecule has 5 heteroatoms. The Morgan fingerprint density at radius 2 is 1.88 bits per heavy atom. The van der Waals surface area contributed by atoms with E-state index >= 15 is 0 Å². The van der Waals surface area contributed by atoms with Crippen LogP contribution in [0.1, 0.15) is 27.0 Å². The quantitative estimate of drug-likeness (QED) is 0.541. The lowest BCUT2D eigenvalue weighted by molar-refractivity contribution is 0.0473. The molecule has 0 spiro atoms. The van der Waals surface area contributed by atoms with Crippen LogP contribution >= 0.6 is 0 Å². The fraction of sp³-hybridized carbons (Fsp3) is 0.158. The molecule has 0 aliphatic heterocycles. The lowest BCUT2D eigenvalue weighted by Crippen LogP contribution is -2.08. The third-order valence-corrected chi connectivity index (χ3v) is 3.86. The highest BCUT2D eigenvalue weighted by Crippen LogP contribution is 2.22. The largest absolute Gasteiger partial charge is 0.457 e. The van der Waals surface area contributed by atoms with E-state index in [1.165, 1.54) is 24.3 Å². The first-order valence-corrected chi connectivity index (χ1v) is 7.41. The maximum atomic E-state index is 13.2. The van der Waals surface area contributed by atoms with Gasteiger partial charge in [-0.1, -0.05) is 6.07 Å². The van der Waals surface area contributed by atoms with Crippen LogP contribution in [0.15, 0.2) is 51.7 Å². The average Bonchev–Trinajstić information content (AvgIpc) is 2.54. The Balaban J connectivity index is 1.91. The Hall–Kier alpha value is -2.95. The van der Waals surface area contributed by atoms with Gasteiger partial charge in [-0.2, -0.15) is 0 Å². The van der Waals surface area contributed by atoms with Gasteiger partial charge in [-0.15, -0.1) is 0 Å². The number of aryl methyl sites for hydroxylation is 2. The van der Waals surface area contributed by atoms with Crippen molar-refractivity contribution in [3.05, 3.63) is 81.0 Å². The molecular weight excluding hydrogens is 311 g/mol. The van der Waals surface area contributed by atoms with E-state index in [4.69, 9.17) is 9.15 Å². The van der Waals surface area contributed by atoms with Gasteiger partial charge in [-0.05, 0) is 55.3 Å². The second kappa shape index (κ2) is 6.28. The van der Waals surface area contributed by atoms with Gasteiger partial charge in [0.25, 0.3) is 0 Å². The van der Waals surface area contributed by atoms with E-state index in [-0.39, 0.29) is 12.2 Å². The van der Waals surface area contributed by atoms with E-state index in [1.807, 2.05) is 19.9 Å². The van der Waals surface area contributed by atoms with Gasteiger partial charge < -0.3 is 9.15 Å². The van der Waals surface area contributed by atoms with Crippen LogP contribution < -0.4 is 5.63 Å². The van der Waals surface area contributed by atoms with Gasteiger partial charge in [-0.25, -0.2) is 14.0 Å². The van der Waals surface area contributed by atoms with E-state index in [2.05, 4.69) is 0 Å². The molecule has 0 radical (unpaired) electrons. The number of ether oxygens (including phenoxy) is 1. The molecule has 3 rings (SSSR count). The summed E-state index contributed by atoms with van der Waals surface area (Å²) in [6, 6.07) is 10.2. The van der Waals surface area contributed by atoms with Crippen LogP contribution in [0, 0.1) is 19.7 Å². The van der Waals surface area contributed by atoms with Crippen LogP contribution in [-0.4, -0.2) is 5.97 Å². The van der Waals surface area contributed by atoms with Crippen molar-refractivity contribution in [3.8, 4) is 0 Å². The first-order chi connectivity index (χ1) is 11.4. The van der Waals surface area contributed by atoms with Crippen LogP contribution in [0.25, 0.3) is 11.0 Å². The number of benzene rings is 2. The van der Waals surface area contributed by atoms with Crippen LogP contribution in [0.4, 0.5) is 4.39 Å². The van der Waals surface area contributed by atoms with Crippen molar-refractivity contribution in [2.45, 2.75) is 20.5 Å². The van der Waals surface area contributed by atoms with Crippen LogP contribution in [0.2, 0.25) is 0 Å². The Kier molecular flexibility index (Phi) is 4.16. The van der Waals surface area contributed by atoms with E-state index < -0.39 is 17.4 Å². The Bertz CT molecular complexity index is 988. The topological polar surface area (TPSA) is 56.5 Å². The van der Waals surface area contributed by atoms with Crippen LogP contribution in [0.3, 0.4) is 0 Å². The molecule has 0 saturated carbocycles. The Labute approximate surface area is 137 Å². The minimum atomic E-state index is -0.653. The summed E-state index contributed by atoms with van der Waals surface area (Å²) < 4.78 is 23.6.